The van der Waals surface area contributed by atoms with Crippen LogP contribution in [0.25, 0.3) is 0 Å². The summed E-state index contributed by atoms with van der Waals surface area (Å²) in [6, 6.07) is 8.36. The second kappa shape index (κ2) is 9.61. The molecule has 178 valence electrons. The molecule has 2 aliphatic rings. The zero-order chi connectivity index (χ0) is 23.6. The third-order valence-corrected chi connectivity index (χ3v) is 8.17. The molecule has 0 atom stereocenters. The molecule has 0 N–H and O–H groups in total. The Balaban J connectivity index is 1.67. The summed E-state index contributed by atoms with van der Waals surface area (Å²) >= 11 is 0. The second-order valence-corrected chi connectivity index (χ2v) is 10.2. The van der Waals surface area contributed by atoms with E-state index in [1.807, 2.05) is 0 Å². The summed E-state index contributed by atoms with van der Waals surface area (Å²) in [5.41, 5.74) is 2.00. The largest absolute Gasteiger partial charge is 0.493 e. The molecule has 2 aliphatic heterocycles. The fourth-order valence-electron chi connectivity index (χ4n) is 4.56. The lowest BCUT2D eigenvalue weighted by Gasteiger charge is -2.31. The number of piperidine rings is 1. The molecule has 2 aromatic rings. The van der Waals surface area contributed by atoms with Gasteiger partial charge in [0.1, 0.15) is 0 Å². The molecule has 33 heavy (non-hydrogen) atoms. The molecule has 0 spiro atoms. The highest BCUT2D eigenvalue weighted by Crippen LogP contribution is 2.39. The van der Waals surface area contributed by atoms with Crippen LogP contribution in [0.15, 0.2) is 35.2 Å². The van der Waals surface area contributed by atoms with Crippen LogP contribution in [0.1, 0.15) is 41.6 Å². The van der Waals surface area contributed by atoms with Gasteiger partial charge in [0.15, 0.2) is 11.5 Å². The van der Waals surface area contributed by atoms with E-state index in [1.54, 1.807) is 39.5 Å². The minimum absolute atomic E-state index is 0.207. The van der Waals surface area contributed by atoms with Gasteiger partial charge >= 0.3 is 0 Å². The highest BCUT2D eigenvalue weighted by atomic mass is 32.2. The van der Waals surface area contributed by atoms with Gasteiger partial charge < -0.3 is 19.1 Å². The van der Waals surface area contributed by atoms with Crippen LogP contribution < -0.4 is 19.1 Å². The van der Waals surface area contributed by atoms with E-state index in [1.165, 1.54) is 21.3 Å². The van der Waals surface area contributed by atoms with Crippen molar-refractivity contribution in [1.82, 2.24) is 4.31 Å². The summed E-state index contributed by atoms with van der Waals surface area (Å²) in [5, 5.41) is 0. The molecule has 0 bridgehead atoms. The summed E-state index contributed by atoms with van der Waals surface area (Å²) in [4.78, 5) is 15.5. The van der Waals surface area contributed by atoms with Gasteiger partial charge in [-0.15, -0.1) is 0 Å². The molecule has 1 saturated heterocycles. The summed E-state index contributed by atoms with van der Waals surface area (Å²) in [5.74, 6) is 1.02. The highest BCUT2D eigenvalue weighted by molar-refractivity contribution is 7.89. The number of hydrogen-bond donors (Lipinski definition) is 0. The van der Waals surface area contributed by atoms with E-state index >= 15 is 0 Å². The van der Waals surface area contributed by atoms with E-state index < -0.39 is 10.0 Å². The Morgan fingerprint density at radius 1 is 0.848 bits per heavy atom. The van der Waals surface area contributed by atoms with Gasteiger partial charge in [0.25, 0.3) is 5.91 Å². The average molecular weight is 475 g/mol. The lowest BCUT2D eigenvalue weighted by atomic mass is 10.0. The fraction of sp³-hybridized carbons (Fsp3) is 0.458. The lowest BCUT2D eigenvalue weighted by Crippen LogP contribution is -2.37. The van der Waals surface area contributed by atoms with Crippen molar-refractivity contribution in [3.05, 3.63) is 41.5 Å². The molecule has 0 unspecified atom stereocenters. The number of amides is 1. The standard InChI is InChI=1S/C24H30N2O6S/c1-30-21-15-18(16-22(31-2)23(21)32-3)24(27)26-13-7-8-17-14-19(9-10-20(17)26)33(28,29)25-11-5-4-6-12-25/h9-10,14-16H,4-8,11-13H2,1-3H3. The lowest BCUT2D eigenvalue weighted by molar-refractivity contribution is 0.0984. The average Bonchev–Trinajstić information content (AvgIpc) is 2.87. The van der Waals surface area contributed by atoms with Crippen LogP contribution >= 0.6 is 0 Å². The smallest absolute Gasteiger partial charge is 0.258 e. The van der Waals surface area contributed by atoms with Crippen LogP contribution in [0.5, 0.6) is 17.2 Å². The van der Waals surface area contributed by atoms with Crippen molar-refractivity contribution in [2.24, 2.45) is 0 Å². The summed E-state index contributed by atoms with van der Waals surface area (Å²) in [7, 11) is 0.996. The maximum Gasteiger partial charge on any atom is 0.258 e. The number of fused-ring (bicyclic) bond motifs is 1. The van der Waals surface area contributed by atoms with Crippen molar-refractivity contribution in [3.8, 4) is 17.2 Å². The zero-order valence-electron chi connectivity index (χ0n) is 19.3. The van der Waals surface area contributed by atoms with E-state index in [4.69, 9.17) is 14.2 Å². The van der Waals surface area contributed by atoms with Gasteiger partial charge in [-0.25, -0.2) is 8.42 Å². The number of anilines is 1. The quantitative estimate of drug-likeness (QED) is 0.637. The van der Waals surface area contributed by atoms with Crippen LogP contribution in [0.2, 0.25) is 0 Å². The normalized spacial score (nSPS) is 16.8. The van der Waals surface area contributed by atoms with E-state index in [0.717, 1.165) is 43.4 Å². The van der Waals surface area contributed by atoms with Gasteiger partial charge in [-0.05, 0) is 61.6 Å². The topological polar surface area (TPSA) is 85.4 Å². The number of carbonyl (C=O) groups excluding carboxylic acids is 1. The molecule has 2 heterocycles. The number of ether oxygens (including phenoxy) is 3. The summed E-state index contributed by atoms with van der Waals surface area (Å²) in [6.45, 7) is 1.66. The van der Waals surface area contributed by atoms with Crippen molar-refractivity contribution in [2.45, 2.75) is 37.0 Å². The summed E-state index contributed by atoms with van der Waals surface area (Å²) in [6.07, 6.45) is 4.31. The monoisotopic (exact) mass is 474 g/mol. The minimum Gasteiger partial charge on any atom is -0.493 e. The van der Waals surface area contributed by atoms with E-state index in [-0.39, 0.29) is 5.91 Å². The minimum atomic E-state index is -3.53. The van der Waals surface area contributed by atoms with Gasteiger partial charge in [0.05, 0.1) is 26.2 Å². The van der Waals surface area contributed by atoms with Crippen LogP contribution in [-0.4, -0.2) is 59.6 Å². The summed E-state index contributed by atoms with van der Waals surface area (Å²) < 4.78 is 43.9. The van der Waals surface area contributed by atoms with Crippen LogP contribution in [0, 0.1) is 0 Å². The Kier molecular flexibility index (Phi) is 6.81. The zero-order valence-corrected chi connectivity index (χ0v) is 20.1. The SMILES string of the molecule is COc1cc(C(=O)N2CCCc3cc(S(=O)(=O)N4CCCCC4)ccc32)cc(OC)c1OC. The molecule has 9 heteroatoms. The Bertz CT molecular complexity index is 1120. The highest BCUT2D eigenvalue weighted by Gasteiger charge is 2.30. The number of hydrogen-bond acceptors (Lipinski definition) is 6. The number of aryl methyl sites for hydroxylation is 1. The Hall–Kier alpha value is -2.78. The molecule has 4 rings (SSSR count). The van der Waals surface area contributed by atoms with E-state index in [0.29, 0.717) is 47.3 Å². The van der Waals surface area contributed by atoms with Crippen molar-refractivity contribution >= 4 is 21.6 Å². The maximum atomic E-state index is 13.5. The molecule has 2 aromatic carbocycles. The molecule has 0 saturated carbocycles. The van der Waals surface area contributed by atoms with Crippen molar-refractivity contribution < 1.29 is 27.4 Å². The van der Waals surface area contributed by atoms with Gasteiger partial charge in [-0.3, -0.25) is 4.79 Å². The van der Waals surface area contributed by atoms with Crippen LogP contribution in [0.3, 0.4) is 0 Å². The molecule has 1 amide bonds. The Morgan fingerprint density at radius 3 is 2.12 bits per heavy atom. The Morgan fingerprint density at radius 2 is 1.52 bits per heavy atom. The number of nitrogens with zero attached hydrogens (tertiary/aromatic N) is 2. The van der Waals surface area contributed by atoms with Gasteiger partial charge in [-0.2, -0.15) is 4.31 Å². The first-order valence-corrected chi connectivity index (χ1v) is 12.6. The van der Waals surface area contributed by atoms with E-state index in [2.05, 4.69) is 0 Å². The molecule has 0 aliphatic carbocycles. The number of carbonyl (C=O) groups is 1. The molecule has 0 aromatic heterocycles. The predicted octanol–water partition coefficient (Wildman–Crippen LogP) is 3.48. The molecule has 8 nitrogen and oxygen atoms in total. The van der Waals surface area contributed by atoms with Gasteiger partial charge in [0.2, 0.25) is 15.8 Å². The molecule has 0 radical (unpaired) electrons. The number of methoxy groups -OCH3 is 3. The van der Waals surface area contributed by atoms with Crippen LogP contribution in [0.4, 0.5) is 5.69 Å². The van der Waals surface area contributed by atoms with Crippen LogP contribution in [-0.2, 0) is 16.4 Å². The maximum absolute atomic E-state index is 13.5. The van der Waals surface area contributed by atoms with Gasteiger partial charge in [0, 0.05) is 30.9 Å². The molecular weight excluding hydrogens is 444 g/mol. The van der Waals surface area contributed by atoms with Gasteiger partial charge in [-0.1, -0.05) is 6.42 Å². The Labute approximate surface area is 195 Å². The molecule has 1 fully saturated rings. The number of rotatable bonds is 6. The third-order valence-electron chi connectivity index (χ3n) is 6.28. The number of benzene rings is 2. The first-order chi connectivity index (χ1) is 15.9. The first kappa shape index (κ1) is 23.4. The fourth-order valence-corrected chi connectivity index (χ4v) is 6.13. The van der Waals surface area contributed by atoms with Crippen molar-refractivity contribution in [3.63, 3.8) is 0 Å². The third kappa shape index (κ3) is 4.39. The number of sulfonamides is 1. The second-order valence-electron chi connectivity index (χ2n) is 8.23. The van der Waals surface area contributed by atoms with Crippen molar-refractivity contribution in [2.75, 3.05) is 45.9 Å². The van der Waals surface area contributed by atoms with E-state index in [9.17, 15) is 13.2 Å². The predicted molar refractivity (Wildman–Crippen MR) is 125 cm³/mol. The van der Waals surface area contributed by atoms with Crippen molar-refractivity contribution in [1.29, 1.82) is 0 Å². The molecular formula is C24H30N2O6S. The first-order valence-electron chi connectivity index (χ1n) is 11.2.